The fraction of sp³-hybridized carbons (Fsp3) is 0.417. The highest BCUT2D eigenvalue weighted by molar-refractivity contribution is 9.10. The average molecular weight is 381 g/mol. The van der Waals surface area contributed by atoms with Gasteiger partial charge in [0, 0.05) is 18.4 Å². The van der Waals surface area contributed by atoms with Gasteiger partial charge in [-0.3, -0.25) is 4.79 Å². The first kappa shape index (κ1) is 14.0. The zero-order chi connectivity index (χ0) is 13.1. The summed E-state index contributed by atoms with van der Waals surface area (Å²) in [5.41, 5.74) is 0.352. The molecule has 0 N–H and O–H groups in total. The zero-order valence-corrected chi connectivity index (χ0v) is 12.7. The minimum Gasteiger partial charge on any atom is -0.374 e. The second kappa shape index (κ2) is 6.12. The molecule has 6 heteroatoms. The Morgan fingerprint density at radius 3 is 3.06 bits per heavy atom. The third kappa shape index (κ3) is 2.92. The van der Waals surface area contributed by atoms with Crippen LogP contribution in [0.15, 0.2) is 22.7 Å². The monoisotopic (exact) mass is 379 g/mol. The summed E-state index contributed by atoms with van der Waals surface area (Å²) in [5, 5.41) is 0.682. The van der Waals surface area contributed by atoms with Crippen molar-refractivity contribution in [3.63, 3.8) is 0 Å². The smallest absolute Gasteiger partial charge is 0.255 e. The highest BCUT2D eigenvalue weighted by Gasteiger charge is 2.26. The zero-order valence-electron chi connectivity index (χ0n) is 9.54. The van der Waals surface area contributed by atoms with Crippen LogP contribution in [0.2, 0.25) is 0 Å². The first-order valence-corrected chi connectivity index (χ1v) is 7.45. The van der Waals surface area contributed by atoms with Crippen LogP contribution in [0.4, 0.5) is 4.39 Å². The molecule has 1 aromatic rings. The van der Waals surface area contributed by atoms with Crippen molar-refractivity contribution in [3.8, 4) is 0 Å². The van der Waals surface area contributed by atoms with E-state index in [4.69, 9.17) is 4.74 Å². The maximum atomic E-state index is 13.4. The molecule has 1 aromatic carbocycles. The van der Waals surface area contributed by atoms with E-state index in [0.29, 0.717) is 30.6 Å². The fourth-order valence-corrected chi connectivity index (χ4v) is 2.66. The van der Waals surface area contributed by atoms with Crippen molar-refractivity contribution >= 4 is 37.8 Å². The molecule has 1 aliphatic heterocycles. The Labute approximate surface area is 122 Å². The topological polar surface area (TPSA) is 29.5 Å². The Balaban J connectivity index is 2.18. The number of carbonyl (C=O) groups excluding carboxylic acids is 1. The predicted octanol–water partition coefficient (Wildman–Crippen LogP) is 2.82. The van der Waals surface area contributed by atoms with Gasteiger partial charge in [-0.15, -0.1) is 0 Å². The van der Waals surface area contributed by atoms with Crippen LogP contribution in [0.1, 0.15) is 10.4 Å². The van der Waals surface area contributed by atoms with Gasteiger partial charge < -0.3 is 9.64 Å². The molecule has 1 unspecified atom stereocenters. The number of halogens is 3. The van der Waals surface area contributed by atoms with Crippen molar-refractivity contribution in [2.24, 2.45) is 0 Å². The third-order valence-electron chi connectivity index (χ3n) is 2.78. The van der Waals surface area contributed by atoms with Crippen molar-refractivity contribution < 1.29 is 13.9 Å². The van der Waals surface area contributed by atoms with E-state index in [1.807, 2.05) is 0 Å². The lowest BCUT2D eigenvalue weighted by atomic mass is 10.1. The van der Waals surface area contributed by atoms with Gasteiger partial charge in [0.15, 0.2) is 0 Å². The molecule has 1 saturated heterocycles. The Morgan fingerprint density at radius 1 is 1.56 bits per heavy atom. The highest BCUT2D eigenvalue weighted by atomic mass is 79.9. The van der Waals surface area contributed by atoms with Crippen LogP contribution in [0, 0.1) is 5.82 Å². The quantitative estimate of drug-likeness (QED) is 0.738. The van der Waals surface area contributed by atoms with Crippen LogP contribution in [-0.2, 0) is 4.74 Å². The first-order valence-electron chi connectivity index (χ1n) is 5.54. The summed E-state index contributed by atoms with van der Waals surface area (Å²) in [4.78, 5) is 14.0. The van der Waals surface area contributed by atoms with Crippen molar-refractivity contribution in [3.05, 3.63) is 34.1 Å². The van der Waals surface area contributed by atoms with E-state index >= 15 is 0 Å². The van der Waals surface area contributed by atoms with Crippen LogP contribution < -0.4 is 0 Å². The molecule has 0 bridgehead atoms. The summed E-state index contributed by atoms with van der Waals surface area (Å²) >= 11 is 6.45. The molecule has 3 nitrogen and oxygen atoms in total. The van der Waals surface area contributed by atoms with Crippen LogP contribution in [0.5, 0.6) is 0 Å². The Kier molecular flexibility index (Phi) is 4.75. The summed E-state index contributed by atoms with van der Waals surface area (Å²) in [7, 11) is 0. The van der Waals surface area contributed by atoms with Crippen molar-refractivity contribution in [1.29, 1.82) is 0 Å². The normalized spacial score (nSPS) is 19.9. The number of hydrogen-bond donors (Lipinski definition) is 0. The summed E-state index contributed by atoms with van der Waals surface area (Å²) in [5.74, 6) is -0.596. The lowest BCUT2D eigenvalue weighted by molar-refractivity contribution is -0.00970. The molecule has 0 spiro atoms. The minimum absolute atomic E-state index is 0.00460. The average Bonchev–Trinajstić information content (AvgIpc) is 2.41. The van der Waals surface area contributed by atoms with Crippen LogP contribution >= 0.6 is 31.9 Å². The molecule has 0 aromatic heterocycles. The molecule has 98 valence electrons. The van der Waals surface area contributed by atoms with Crippen LogP contribution in [0.3, 0.4) is 0 Å². The Bertz CT molecular complexity index is 456. The summed E-state index contributed by atoms with van der Waals surface area (Å²) in [6.45, 7) is 1.56. The van der Waals surface area contributed by atoms with Gasteiger partial charge in [0.2, 0.25) is 0 Å². The number of benzene rings is 1. The standard InChI is InChI=1S/C12H12Br2FNO2/c13-6-8-7-16(4-5-18-8)12(17)9-2-1-3-10(15)11(9)14/h1-3,8H,4-7H2. The minimum atomic E-state index is -0.425. The molecule has 0 aliphatic carbocycles. The molecule has 1 atom stereocenters. The van der Waals surface area contributed by atoms with Gasteiger partial charge in [-0.25, -0.2) is 4.39 Å². The maximum absolute atomic E-state index is 13.4. The third-order valence-corrected chi connectivity index (χ3v) is 4.31. The maximum Gasteiger partial charge on any atom is 0.255 e. The summed E-state index contributed by atoms with van der Waals surface area (Å²) in [6, 6.07) is 4.48. The van der Waals surface area contributed by atoms with Crippen LogP contribution in [-0.4, -0.2) is 41.9 Å². The second-order valence-corrected chi connectivity index (χ2v) is 5.44. The lowest BCUT2D eigenvalue weighted by Crippen LogP contribution is -2.46. The largest absolute Gasteiger partial charge is 0.374 e. The molecule has 1 heterocycles. The van der Waals surface area contributed by atoms with E-state index in [0.717, 1.165) is 0 Å². The molecule has 0 radical (unpaired) electrons. The van der Waals surface area contributed by atoms with E-state index in [1.54, 1.807) is 11.0 Å². The number of alkyl halides is 1. The van der Waals surface area contributed by atoms with Gasteiger partial charge in [0.1, 0.15) is 5.82 Å². The van der Waals surface area contributed by atoms with Gasteiger partial charge in [0.05, 0.1) is 22.7 Å². The molecule has 2 rings (SSSR count). The Hall–Kier alpha value is -0.460. The molecule has 1 fully saturated rings. The van der Waals surface area contributed by atoms with Crippen LogP contribution in [0.25, 0.3) is 0 Å². The lowest BCUT2D eigenvalue weighted by Gasteiger charge is -2.32. The molecule has 1 amide bonds. The molecular formula is C12H12Br2FNO2. The van der Waals surface area contributed by atoms with E-state index in [-0.39, 0.29) is 16.5 Å². The molecule has 1 aliphatic rings. The fourth-order valence-electron chi connectivity index (χ4n) is 1.84. The highest BCUT2D eigenvalue weighted by Crippen LogP contribution is 2.22. The van der Waals surface area contributed by atoms with Gasteiger partial charge in [0.25, 0.3) is 5.91 Å². The number of ether oxygens (including phenoxy) is 1. The first-order chi connectivity index (χ1) is 8.63. The van der Waals surface area contributed by atoms with E-state index < -0.39 is 5.82 Å². The van der Waals surface area contributed by atoms with E-state index in [1.165, 1.54) is 12.1 Å². The molecule has 18 heavy (non-hydrogen) atoms. The van der Waals surface area contributed by atoms with Crippen molar-refractivity contribution in [1.82, 2.24) is 4.90 Å². The summed E-state index contributed by atoms with van der Waals surface area (Å²) < 4.78 is 19.1. The van der Waals surface area contributed by atoms with E-state index in [9.17, 15) is 9.18 Å². The van der Waals surface area contributed by atoms with Gasteiger partial charge in [-0.05, 0) is 28.1 Å². The van der Waals surface area contributed by atoms with E-state index in [2.05, 4.69) is 31.9 Å². The van der Waals surface area contributed by atoms with Gasteiger partial charge >= 0.3 is 0 Å². The number of carbonyl (C=O) groups is 1. The van der Waals surface area contributed by atoms with Gasteiger partial charge in [-0.2, -0.15) is 0 Å². The predicted molar refractivity (Wildman–Crippen MR) is 73.5 cm³/mol. The van der Waals surface area contributed by atoms with Gasteiger partial charge in [-0.1, -0.05) is 22.0 Å². The number of rotatable bonds is 2. The van der Waals surface area contributed by atoms with Crippen molar-refractivity contribution in [2.75, 3.05) is 25.0 Å². The molecular weight excluding hydrogens is 369 g/mol. The van der Waals surface area contributed by atoms with Crippen molar-refractivity contribution in [2.45, 2.75) is 6.10 Å². The number of amides is 1. The number of hydrogen-bond acceptors (Lipinski definition) is 2. The molecule has 0 saturated carbocycles. The summed E-state index contributed by atoms with van der Waals surface area (Å²) in [6.07, 6.45) is -0.00460. The number of morpholine rings is 1. The SMILES string of the molecule is O=C(c1cccc(F)c1Br)N1CCOC(CBr)C1. The second-order valence-electron chi connectivity index (χ2n) is 4.00. The Morgan fingerprint density at radius 2 is 2.33 bits per heavy atom. The number of nitrogens with zero attached hydrogens (tertiary/aromatic N) is 1.